The van der Waals surface area contributed by atoms with Gasteiger partial charge in [-0.05, 0) is 18.8 Å². The van der Waals surface area contributed by atoms with Gasteiger partial charge in [-0.2, -0.15) is 0 Å². The summed E-state index contributed by atoms with van der Waals surface area (Å²) in [6.45, 7) is 7.89. The number of carbonyl (C=O) groups excluding carboxylic acids is 1. The van der Waals surface area contributed by atoms with Crippen molar-refractivity contribution >= 4 is 5.97 Å². The Balaban J connectivity index is 3.68. The molecule has 2 atom stereocenters. The van der Waals surface area contributed by atoms with E-state index in [1.807, 2.05) is 6.92 Å². The summed E-state index contributed by atoms with van der Waals surface area (Å²) in [5.74, 6) is -0.0360. The minimum Gasteiger partial charge on any atom is -0.462 e. The third kappa shape index (κ3) is 5.75. The van der Waals surface area contributed by atoms with E-state index in [9.17, 15) is 4.79 Å². The molecule has 0 aliphatic carbocycles. The molecule has 0 N–H and O–H groups in total. The monoisotopic (exact) mass is 200 g/mol. The first kappa shape index (κ1) is 13.2. The highest BCUT2D eigenvalue weighted by Crippen LogP contribution is 2.11. The van der Waals surface area contributed by atoms with Crippen LogP contribution in [0, 0.1) is 5.92 Å². The van der Waals surface area contributed by atoms with Crippen molar-refractivity contribution in [2.45, 2.75) is 32.8 Å². The second-order valence-electron chi connectivity index (χ2n) is 3.44. The van der Waals surface area contributed by atoms with E-state index in [-0.39, 0.29) is 12.1 Å². The van der Waals surface area contributed by atoms with Gasteiger partial charge in [0.25, 0.3) is 0 Å². The summed E-state index contributed by atoms with van der Waals surface area (Å²) in [6.07, 6.45) is 3.33. The summed E-state index contributed by atoms with van der Waals surface area (Å²) in [6, 6.07) is 0. The van der Waals surface area contributed by atoms with E-state index in [4.69, 9.17) is 9.47 Å². The van der Waals surface area contributed by atoms with Gasteiger partial charge in [-0.25, -0.2) is 4.79 Å². The van der Waals surface area contributed by atoms with Crippen molar-refractivity contribution in [1.29, 1.82) is 0 Å². The third-order valence-corrected chi connectivity index (χ3v) is 2.13. The smallest absolute Gasteiger partial charge is 0.330 e. The number of methoxy groups -OCH3 is 1. The van der Waals surface area contributed by atoms with Crippen LogP contribution >= 0.6 is 0 Å². The quantitative estimate of drug-likeness (QED) is 0.466. The van der Waals surface area contributed by atoms with Gasteiger partial charge in [0.1, 0.15) is 0 Å². The molecule has 82 valence electrons. The van der Waals surface area contributed by atoms with Crippen LogP contribution in [0.1, 0.15) is 26.7 Å². The fraction of sp³-hybridized carbons (Fsp3) is 0.727. The van der Waals surface area contributed by atoms with Gasteiger partial charge in [0.05, 0.1) is 12.7 Å². The molecule has 0 saturated heterocycles. The average molecular weight is 200 g/mol. The maximum absolute atomic E-state index is 10.8. The summed E-state index contributed by atoms with van der Waals surface area (Å²) in [4.78, 5) is 10.8. The zero-order valence-corrected chi connectivity index (χ0v) is 9.29. The highest BCUT2D eigenvalue weighted by molar-refractivity contribution is 5.81. The van der Waals surface area contributed by atoms with Crippen LogP contribution in [-0.4, -0.2) is 25.8 Å². The molecule has 0 fully saturated rings. The molecule has 0 saturated carbocycles. The Kier molecular flexibility index (Phi) is 7.11. The summed E-state index contributed by atoms with van der Waals surface area (Å²) in [5.41, 5.74) is 0. The Bertz CT molecular complexity index is 173. The van der Waals surface area contributed by atoms with Gasteiger partial charge in [0, 0.05) is 13.2 Å². The van der Waals surface area contributed by atoms with E-state index in [0.29, 0.717) is 12.5 Å². The third-order valence-electron chi connectivity index (χ3n) is 2.13. The maximum Gasteiger partial charge on any atom is 0.330 e. The van der Waals surface area contributed by atoms with Crippen molar-refractivity contribution in [3.05, 3.63) is 12.7 Å². The van der Waals surface area contributed by atoms with Crippen molar-refractivity contribution in [2.24, 2.45) is 5.92 Å². The molecule has 2 unspecified atom stereocenters. The van der Waals surface area contributed by atoms with Crippen LogP contribution in [0.4, 0.5) is 0 Å². The standard InChI is InChI=1S/C11H20O3/c1-5-10(13-4)7-9(3)8-14-11(12)6-2/h6,9-10H,2,5,7-8H2,1,3-4H3. The number of ether oxygens (including phenoxy) is 2. The molecule has 3 heteroatoms. The molecule has 14 heavy (non-hydrogen) atoms. The van der Waals surface area contributed by atoms with Crippen molar-refractivity contribution in [2.75, 3.05) is 13.7 Å². The first-order chi connectivity index (χ1) is 6.63. The highest BCUT2D eigenvalue weighted by Gasteiger charge is 2.11. The van der Waals surface area contributed by atoms with Crippen molar-refractivity contribution in [3.8, 4) is 0 Å². The van der Waals surface area contributed by atoms with Crippen LogP contribution in [0.2, 0.25) is 0 Å². The van der Waals surface area contributed by atoms with Crippen LogP contribution in [0.25, 0.3) is 0 Å². The molecule has 0 aliphatic rings. The van der Waals surface area contributed by atoms with Gasteiger partial charge in [0.2, 0.25) is 0 Å². The van der Waals surface area contributed by atoms with E-state index in [1.54, 1.807) is 7.11 Å². The molecule has 0 rings (SSSR count). The fourth-order valence-electron chi connectivity index (χ4n) is 1.23. The molecule has 0 radical (unpaired) electrons. The van der Waals surface area contributed by atoms with Crippen LogP contribution < -0.4 is 0 Å². The second kappa shape index (κ2) is 7.56. The first-order valence-corrected chi connectivity index (χ1v) is 4.96. The molecule has 0 aromatic carbocycles. The fourth-order valence-corrected chi connectivity index (χ4v) is 1.23. The Labute approximate surface area is 86.1 Å². The summed E-state index contributed by atoms with van der Waals surface area (Å²) in [7, 11) is 1.70. The Morgan fingerprint density at radius 2 is 2.21 bits per heavy atom. The number of rotatable bonds is 7. The molecular weight excluding hydrogens is 180 g/mol. The van der Waals surface area contributed by atoms with Gasteiger partial charge in [0.15, 0.2) is 0 Å². The largest absolute Gasteiger partial charge is 0.462 e. The lowest BCUT2D eigenvalue weighted by molar-refractivity contribution is -0.139. The average Bonchev–Trinajstić information content (AvgIpc) is 2.22. The lowest BCUT2D eigenvalue weighted by Gasteiger charge is -2.17. The van der Waals surface area contributed by atoms with Gasteiger partial charge in [-0.3, -0.25) is 0 Å². The molecule has 0 aromatic rings. The molecule has 0 aliphatic heterocycles. The van der Waals surface area contributed by atoms with Gasteiger partial charge in [-0.1, -0.05) is 20.4 Å². The predicted octanol–water partition coefficient (Wildman–Crippen LogP) is 2.17. The van der Waals surface area contributed by atoms with E-state index < -0.39 is 0 Å². The first-order valence-electron chi connectivity index (χ1n) is 4.96. The Hall–Kier alpha value is -0.830. The van der Waals surface area contributed by atoms with E-state index >= 15 is 0 Å². The van der Waals surface area contributed by atoms with Crippen molar-refractivity contribution < 1.29 is 14.3 Å². The topological polar surface area (TPSA) is 35.5 Å². The van der Waals surface area contributed by atoms with E-state index in [0.717, 1.165) is 12.8 Å². The molecule has 0 spiro atoms. The summed E-state index contributed by atoms with van der Waals surface area (Å²) < 4.78 is 10.2. The van der Waals surface area contributed by atoms with Crippen LogP contribution in [0.5, 0.6) is 0 Å². The molecule has 0 heterocycles. The summed E-state index contributed by atoms with van der Waals surface area (Å²) >= 11 is 0. The lowest BCUT2D eigenvalue weighted by Crippen LogP contribution is -2.18. The van der Waals surface area contributed by atoms with Crippen LogP contribution in [0.15, 0.2) is 12.7 Å². The SMILES string of the molecule is C=CC(=O)OCC(C)CC(CC)OC. The number of hydrogen-bond donors (Lipinski definition) is 0. The number of hydrogen-bond acceptors (Lipinski definition) is 3. The lowest BCUT2D eigenvalue weighted by atomic mass is 10.0. The molecule has 0 bridgehead atoms. The summed E-state index contributed by atoms with van der Waals surface area (Å²) in [5, 5.41) is 0. The van der Waals surface area contributed by atoms with Crippen LogP contribution in [-0.2, 0) is 14.3 Å². The van der Waals surface area contributed by atoms with E-state index in [2.05, 4.69) is 13.5 Å². The zero-order chi connectivity index (χ0) is 11.0. The number of esters is 1. The number of carbonyl (C=O) groups is 1. The molecule has 0 amide bonds. The Morgan fingerprint density at radius 1 is 1.57 bits per heavy atom. The van der Waals surface area contributed by atoms with E-state index in [1.165, 1.54) is 6.08 Å². The molecule has 0 aromatic heterocycles. The Morgan fingerprint density at radius 3 is 2.64 bits per heavy atom. The van der Waals surface area contributed by atoms with Gasteiger partial charge >= 0.3 is 5.97 Å². The second-order valence-corrected chi connectivity index (χ2v) is 3.44. The maximum atomic E-state index is 10.8. The van der Waals surface area contributed by atoms with Crippen molar-refractivity contribution in [1.82, 2.24) is 0 Å². The predicted molar refractivity (Wildman–Crippen MR) is 56.0 cm³/mol. The normalized spacial score (nSPS) is 14.5. The minimum absolute atomic E-state index is 0.257. The highest BCUT2D eigenvalue weighted by atomic mass is 16.5. The van der Waals surface area contributed by atoms with Gasteiger partial charge in [-0.15, -0.1) is 0 Å². The van der Waals surface area contributed by atoms with Crippen molar-refractivity contribution in [3.63, 3.8) is 0 Å². The zero-order valence-electron chi connectivity index (χ0n) is 9.29. The minimum atomic E-state index is -0.359. The molecule has 3 nitrogen and oxygen atoms in total. The molecular formula is C11H20O3. The van der Waals surface area contributed by atoms with Crippen LogP contribution in [0.3, 0.4) is 0 Å². The van der Waals surface area contributed by atoms with Gasteiger partial charge < -0.3 is 9.47 Å².